The van der Waals surface area contributed by atoms with E-state index >= 15 is 0 Å². The molecule has 0 bridgehead atoms. The molecule has 1 rings (SSSR count). The van der Waals surface area contributed by atoms with Gasteiger partial charge in [-0.2, -0.15) is 0 Å². The molecule has 106 valence electrons. The minimum atomic E-state index is -0.556. The van der Waals surface area contributed by atoms with E-state index in [0.29, 0.717) is 29.6 Å². The number of benzene rings is 1. The Morgan fingerprint density at radius 2 is 1.95 bits per heavy atom. The summed E-state index contributed by atoms with van der Waals surface area (Å²) in [7, 11) is 3.28. The second-order valence-corrected chi connectivity index (χ2v) is 5.23. The first kappa shape index (κ1) is 16.2. The minimum Gasteiger partial charge on any atom is -0.385 e. The molecular weight excluding hydrogens is 287 g/mol. The molecule has 0 aromatic heterocycles. The first-order chi connectivity index (χ1) is 8.93. The number of amides is 1. The number of hydrogen-bond donors (Lipinski definition) is 1. The molecule has 0 fully saturated rings. The lowest BCUT2D eigenvalue weighted by Gasteiger charge is -2.21. The van der Waals surface area contributed by atoms with Crippen molar-refractivity contribution in [1.82, 2.24) is 4.90 Å². The molecule has 6 heteroatoms. The summed E-state index contributed by atoms with van der Waals surface area (Å²) in [5.41, 5.74) is 6.66. The smallest absolute Gasteiger partial charge is 0.239 e. The van der Waals surface area contributed by atoms with Gasteiger partial charge in [0.25, 0.3) is 0 Å². The first-order valence-electron chi connectivity index (χ1n) is 5.88. The van der Waals surface area contributed by atoms with Crippen molar-refractivity contribution < 1.29 is 9.53 Å². The highest BCUT2D eigenvalue weighted by Crippen LogP contribution is 2.20. The Morgan fingerprint density at radius 3 is 2.47 bits per heavy atom. The van der Waals surface area contributed by atoms with Crippen LogP contribution in [0.15, 0.2) is 18.2 Å². The predicted octanol–water partition coefficient (Wildman–Crippen LogP) is 2.32. The minimum absolute atomic E-state index is 0.131. The predicted molar refractivity (Wildman–Crippen MR) is 77.4 cm³/mol. The zero-order chi connectivity index (χ0) is 14.4. The van der Waals surface area contributed by atoms with Gasteiger partial charge >= 0.3 is 0 Å². The second kappa shape index (κ2) is 7.70. The van der Waals surface area contributed by atoms with Crippen molar-refractivity contribution in [3.63, 3.8) is 0 Å². The number of hydrogen-bond acceptors (Lipinski definition) is 3. The van der Waals surface area contributed by atoms with E-state index in [1.54, 1.807) is 37.3 Å². The average molecular weight is 305 g/mol. The molecule has 0 saturated carbocycles. The van der Waals surface area contributed by atoms with Gasteiger partial charge in [0.1, 0.15) is 0 Å². The second-order valence-electron chi connectivity index (χ2n) is 4.36. The third-order valence-electron chi connectivity index (χ3n) is 2.67. The number of halogens is 2. The van der Waals surface area contributed by atoms with E-state index in [2.05, 4.69) is 0 Å². The lowest BCUT2D eigenvalue weighted by atomic mass is 10.1. The van der Waals surface area contributed by atoms with E-state index in [1.807, 2.05) is 0 Å². The van der Waals surface area contributed by atoms with Crippen LogP contribution in [0.1, 0.15) is 12.0 Å². The SMILES string of the molecule is COCCC(N)C(=O)N(C)Cc1cc(Cl)cc(Cl)c1. The first-order valence-corrected chi connectivity index (χ1v) is 6.64. The van der Waals surface area contributed by atoms with Crippen molar-refractivity contribution in [3.8, 4) is 0 Å². The van der Waals surface area contributed by atoms with Crippen LogP contribution in [0.2, 0.25) is 10.0 Å². The number of rotatable bonds is 6. The molecule has 0 heterocycles. The fourth-order valence-electron chi connectivity index (χ4n) is 1.71. The Hall–Kier alpha value is -0.810. The summed E-state index contributed by atoms with van der Waals surface area (Å²) in [6, 6.07) is 4.65. The van der Waals surface area contributed by atoms with E-state index in [0.717, 1.165) is 5.56 Å². The van der Waals surface area contributed by atoms with Crippen LogP contribution in [-0.4, -0.2) is 37.6 Å². The van der Waals surface area contributed by atoms with Crippen molar-refractivity contribution in [3.05, 3.63) is 33.8 Å². The van der Waals surface area contributed by atoms with Crippen molar-refractivity contribution in [2.75, 3.05) is 20.8 Å². The topological polar surface area (TPSA) is 55.6 Å². The molecule has 19 heavy (non-hydrogen) atoms. The van der Waals surface area contributed by atoms with Gasteiger partial charge in [0.2, 0.25) is 5.91 Å². The lowest BCUT2D eigenvalue weighted by molar-refractivity contribution is -0.132. The van der Waals surface area contributed by atoms with Gasteiger partial charge in [0.15, 0.2) is 0 Å². The Kier molecular flexibility index (Phi) is 6.58. The molecule has 1 amide bonds. The van der Waals surface area contributed by atoms with Gasteiger partial charge in [-0.05, 0) is 30.2 Å². The molecule has 0 aliphatic carbocycles. The van der Waals surface area contributed by atoms with E-state index < -0.39 is 6.04 Å². The number of carbonyl (C=O) groups excluding carboxylic acids is 1. The molecule has 0 radical (unpaired) electrons. The van der Waals surface area contributed by atoms with Crippen molar-refractivity contribution in [2.45, 2.75) is 19.0 Å². The highest BCUT2D eigenvalue weighted by Gasteiger charge is 2.18. The molecule has 0 aliphatic heterocycles. The zero-order valence-corrected chi connectivity index (χ0v) is 12.5. The molecule has 1 atom stereocenters. The quantitative estimate of drug-likeness (QED) is 0.877. The van der Waals surface area contributed by atoms with Crippen LogP contribution in [0.4, 0.5) is 0 Å². The third kappa shape index (κ3) is 5.37. The maximum absolute atomic E-state index is 12.0. The monoisotopic (exact) mass is 304 g/mol. The van der Waals surface area contributed by atoms with Crippen LogP contribution in [0, 0.1) is 0 Å². The third-order valence-corrected chi connectivity index (χ3v) is 3.10. The molecule has 1 aromatic carbocycles. The maximum Gasteiger partial charge on any atom is 0.239 e. The lowest BCUT2D eigenvalue weighted by Crippen LogP contribution is -2.42. The Morgan fingerprint density at radius 1 is 1.37 bits per heavy atom. The summed E-state index contributed by atoms with van der Waals surface area (Å²) in [4.78, 5) is 13.6. The van der Waals surface area contributed by atoms with Crippen LogP contribution in [0.3, 0.4) is 0 Å². The van der Waals surface area contributed by atoms with E-state index in [9.17, 15) is 4.79 Å². The summed E-state index contributed by atoms with van der Waals surface area (Å²) in [6.07, 6.45) is 0.496. The summed E-state index contributed by atoms with van der Waals surface area (Å²) in [6.45, 7) is 0.879. The van der Waals surface area contributed by atoms with Crippen LogP contribution < -0.4 is 5.73 Å². The Bertz CT molecular complexity index is 420. The zero-order valence-electron chi connectivity index (χ0n) is 11.0. The van der Waals surface area contributed by atoms with E-state index in [4.69, 9.17) is 33.7 Å². The molecule has 0 spiro atoms. The Balaban J connectivity index is 2.62. The summed E-state index contributed by atoms with van der Waals surface area (Å²) in [5, 5.41) is 1.10. The van der Waals surface area contributed by atoms with Gasteiger partial charge in [0, 0.05) is 37.4 Å². The number of carbonyl (C=O) groups is 1. The summed E-state index contributed by atoms with van der Waals surface area (Å²) < 4.78 is 4.91. The van der Waals surface area contributed by atoms with Gasteiger partial charge in [-0.3, -0.25) is 4.79 Å². The molecule has 1 aromatic rings. The largest absolute Gasteiger partial charge is 0.385 e. The summed E-state index contributed by atoms with van der Waals surface area (Å²) >= 11 is 11.8. The summed E-state index contributed by atoms with van der Waals surface area (Å²) in [5.74, 6) is -0.131. The van der Waals surface area contributed by atoms with Gasteiger partial charge in [-0.15, -0.1) is 0 Å². The van der Waals surface area contributed by atoms with Gasteiger partial charge in [-0.1, -0.05) is 23.2 Å². The fraction of sp³-hybridized carbons (Fsp3) is 0.462. The number of nitrogens with zero attached hydrogens (tertiary/aromatic N) is 1. The molecule has 0 saturated heterocycles. The van der Waals surface area contributed by atoms with Crippen molar-refractivity contribution in [1.29, 1.82) is 0 Å². The number of methoxy groups -OCH3 is 1. The number of likely N-dealkylation sites (N-methyl/N-ethyl adjacent to an activating group) is 1. The number of nitrogens with two attached hydrogens (primary N) is 1. The van der Waals surface area contributed by atoms with Crippen molar-refractivity contribution >= 4 is 29.1 Å². The Labute approximate surface area is 123 Å². The van der Waals surface area contributed by atoms with Crippen LogP contribution in [0.5, 0.6) is 0 Å². The van der Waals surface area contributed by atoms with Crippen LogP contribution in [-0.2, 0) is 16.1 Å². The van der Waals surface area contributed by atoms with Crippen LogP contribution >= 0.6 is 23.2 Å². The highest BCUT2D eigenvalue weighted by molar-refractivity contribution is 6.34. The van der Waals surface area contributed by atoms with Gasteiger partial charge in [0.05, 0.1) is 6.04 Å². The van der Waals surface area contributed by atoms with Gasteiger partial charge < -0.3 is 15.4 Å². The van der Waals surface area contributed by atoms with E-state index in [-0.39, 0.29) is 5.91 Å². The average Bonchev–Trinajstić information content (AvgIpc) is 2.33. The molecule has 4 nitrogen and oxygen atoms in total. The van der Waals surface area contributed by atoms with Crippen molar-refractivity contribution in [2.24, 2.45) is 5.73 Å². The normalized spacial score (nSPS) is 12.3. The standard InChI is InChI=1S/C13H18Cl2N2O2/c1-17(13(18)12(16)3-4-19-2)8-9-5-10(14)7-11(15)6-9/h5-7,12H,3-4,8,16H2,1-2H3. The maximum atomic E-state index is 12.0. The highest BCUT2D eigenvalue weighted by atomic mass is 35.5. The molecule has 0 aliphatic rings. The number of ether oxygens (including phenoxy) is 1. The molecule has 2 N–H and O–H groups in total. The molecular formula is C13H18Cl2N2O2. The van der Waals surface area contributed by atoms with Gasteiger partial charge in [-0.25, -0.2) is 0 Å². The van der Waals surface area contributed by atoms with Crippen LogP contribution in [0.25, 0.3) is 0 Å². The molecule has 1 unspecified atom stereocenters. The van der Waals surface area contributed by atoms with E-state index in [1.165, 1.54) is 0 Å². The fourth-order valence-corrected chi connectivity index (χ4v) is 2.28.